The minimum atomic E-state index is 0.141. The van der Waals surface area contributed by atoms with E-state index in [1.54, 1.807) is 0 Å². The highest BCUT2D eigenvalue weighted by atomic mass is 16.5. The van der Waals surface area contributed by atoms with Crippen LogP contribution in [-0.4, -0.2) is 37.7 Å². The van der Waals surface area contributed by atoms with E-state index >= 15 is 0 Å². The summed E-state index contributed by atoms with van der Waals surface area (Å²) in [5.41, 5.74) is 3.15. The molecule has 0 unspecified atom stereocenters. The van der Waals surface area contributed by atoms with Crippen LogP contribution >= 0.6 is 0 Å². The predicted molar refractivity (Wildman–Crippen MR) is 86.2 cm³/mol. The van der Waals surface area contributed by atoms with Crippen molar-refractivity contribution in [3.8, 4) is 11.6 Å². The van der Waals surface area contributed by atoms with Gasteiger partial charge in [-0.25, -0.2) is 9.97 Å². The van der Waals surface area contributed by atoms with Gasteiger partial charge in [0.25, 0.3) is 0 Å². The number of β-amino-alcohol motifs (C(OH)–C–C–N with tert-alkyl or cyclic N) is 1. The average molecular weight is 310 g/mol. The van der Waals surface area contributed by atoms with Crippen LogP contribution in [0.2, 0.25) is 0 Å². The molecular weight excluding hydrogens is 292 g/mol. The molecule has 6 nitrogen and oxygen atoms in total. The lowest BCUT2D eigenvalue weighted by Crippen LogP contribution is -2.20. The summed E-state index contributed by atoms with van der Waals surface area (Å²) in [6.45, 7) is 2.21. The van der Waals surface area contributed by atoms with Crippen molar-refractivity contribution >= 4 is 10.9 Å². The zero-order chi connectivity index (χ0) is 15.8. The third-order valence-corrected chi connectivity index (χ3v) is 4.24. The van der Waals surface area contributed by atoms with Gasteiger partial charge in [0, 0.05) is 43.8 Å². The Bertz CT molecular complexity index is 859. The van der Waals surface area contributed by atoms with Crippen LogP contribution in [0.5, 0.6) is 11.6 Å². The molecule has 0 radical (unpaired) electrons. The summed E-state index contributed by atoms with van der Waals surface area (Å²) < 4.78 is 8.09. The second-order valence-electron chi connectivity index (χ2n) is 5.79. The highest BCUT2D eigenvalue weighted by Gasteiger charge is 2.24. The maximum Gasteiger partial charge on any atom is 0.227 e. The topological polar surface area (TPSA) is 63.4 Å². The molecule has 1 aliphatic rings. The fraction of sp³-hybridized carbons (Fsp3) is 0.294. The van der Waals surface area contributed by atoms with E-state index in [1.807, 2.05) is 31.4 Å². The molecular formula is C17H18N4O2. The van der Waals surface area contributed by atoms with Gasteiger partial charge in [0.05, 0.1) is 17.9 Å². The summed E-state index contributed by atoms with van der Waals surface area (Å²) in [6.07, 6.45) is 3.57. The van der Waals surface area contributed by atoms with Crippen LogP contribution in [0, 0.1) is 0 Å². The number of fused-ring (bicyclic) bond motifs is 2. The molecule has 118 valence electrons. The van der Waals surface area contributed by atoms with Crippen LogP contribution in [0.3, 0.4) is 0 Å². The normalized spacial score (nSPS) is 14.3. The molecule has 0 saturated heterocycles. The molecule has 1 N–H and O–H groups in total. The van der Waals surface area contributed by atoms with Crippen molar-refractivity contribution < 1.29 is 9.84 Å². The molecule has 0 atom stereocenters. The van der Waals surface area contributed by atoms with Crippen molar-refractivity contribution in [1.82, 2.24) is 19.4 Å². The minimum absolute atomic E-state index is 0.141. The molecule has 0 fully saturated rings. The SMILES string of the molecule is Cn1ccc2cc(Oc3ncnc4c3CN(CCO)C4)ccc21. The molecule has 0 amide bonds. The molecule has 1 aromatic carbocycles. The van der Waals surface area contributed by atoms with Crippen LogP contribution in [0.25, 0.3) is 10.9 Å². The van der Waals surface area contributed by atoms with Crippen LogP contribution < -0.4 is 4.74 Å². The fourth-order valence-corrected chi connectivity index (χ4v) is 3.04. The smallest absolute Gasteiger partial charge is 0.227 e. The molecule has 3 aromatic rings. The number of hydrogen-bond acceptors (Lipinski definition) is 5. The van der Waals surface area contributed by atoms with Gasteiger partial charge >= 0.3 is 0 Å². The summed E-state index contributed by atoms with van der Waals surface area (Å²) in [5.74, 6) is 1.37. The number of rotatable bonds is 4. The summed E-state index contributed by atoms with van der Waals surface area (Å²) in [7, 11) is 2.02. The number of aryl methyl sites for hydroxylation is 1. The zero-order valence-corrected chi connectivity index (χ0v) is 12.9. The fourth-order valence-electron chi connectivity index (χ4n) is 3.04. The Labute approximate surface area is 134 Å². The zero-order valence-electron chi connectivity index (χ0n) is 12.9. The molecule has 3 heterocycles. The largest absolute Gasteiger partial charge is 0.439 e. The van der Waals surface area contributed by atoms with E-state index in [4.69, 9.17) is 9.84 Å². The Kier molecular flexibility index (Phi) is 3.48. The Morgan fingerprint density at radius 1 is 1.22 bits per heavy atom. The van der Waals surface area contributed by atoms with Gasteiger partial charge in [-0.1, -0.05) is 0 Å². The van der Waals surface area contributed by atoms with Gasteiger partial charge < -0.3 is 14.4 Å². The van der Waals surface area contributed by atoms with E-state index in [1.165, 1.54) is 11.8 Å². The third kappa shape index (κ3) is 2.56. The first-order valence-corrected chi connectivity index (χ1v) is 7.63. The van der Waals surface area contributed by atoms with E-state index in [0.29, 0.717) is 19.0 Å². The van der Waals surface area contributed by atoms with Crippen LogP contribution in [0.15, 0.2) is 36.8 Å². The number of aromatic nitrogens is 3. The number of benzene rings is 1. The maximum atomic E-state index is 9.10. The second-order valence-corrected chi connectivity index (χ2v) is 5.79. The Balaban J connectivity index is 1.63. The summed E-state index contributed by atoms with van der Waals surface area (Å²) in [5, 5.41) is 10.2. The van der Waals surface area contributed by atoms with Gasteiger partial charge in [-0.3, -0.25) is 4.90 Å². The van der Waals surface area contributed by atoms with E-state index in [9.17, 15) is 0 Å². The van der Waals surface area contributed by atoms with Crippen molar-refractivity contribution in [3.05, 3.63) is 48.0 Å². The van der Waals surface area contributed by atoms with Gasteiger partial charge in [0.2, 0.25) is 5.88 Å². The maximum absolute atomic E-state index is 9.10. The molecule has 2 aromatic heterocycles. The highest BCUT2D eigenvalue weighted by molar-refractivity contribution is 5.81. The molecule has 6 heteroatoms. The van der Waals surface area contributed by atoms with Crippen molar-refractivity contribution in [2.24, 2.45) is 7.05 Å². The number of hydrogen-bond donors (Lipinski definition) is 1. The molecule has 0 saturated carbocycles. The van der Waals surface area contributed by atoms with Gasteiger partial charge in [-0.05, 0) is 24.3 Å². The lowest BCUT2D eigenvalue weighted by Gasteiger charge is -2.12. The van der Waals surface area contributed by atoms with E-state index in [0.717, 1.165) is 28.9 Å². The molecule has 0 bridgehead atoms. The highest BCUT2D eigenvalue weighted by Crippen LogP contribution is 2.31. The Hall–Kier alpha value is -2.44. The number of ether oxygens (including phenoxy) is 1. The summed E-state index contributed by atoms with van der Waals surface area (Å²) in [4.78, 5) is 10.8. The van der Waals surface area contributed by atoms with E-state index in [2.05, 4.69) is 25.5 Å². The molecule has 23 heavy (non-hydrogen) atoms. The summed E-state index contributed by atoms with van der Waals surface area (Å²) in [6, 6.07) is 8.08. The van der Waals surface area contributed by atoms with E-state index < -0.39 is 0 Å². The Morgan fingerprint density at radius 3 is 3.00 bits per heavy atom. The second kappa shape index (κ2) is 5.64. The quantitative estimate of drug-likeness (QED) is 0.799. The van der Waals surface area contributed by atoms with Gasteiger partial charge in [0.1, 0.15) is 12.1 Å². The average Bonchev–Trinajstić information content (AvgIpc) is 3.12. The molecule has 0 spiro atoms. The predicted octanol–water partition coefficient (Wildman–Crippen LogP) is 2.07. The van der Waals surface area contributed by atoms with Crippen LogP contribution in [-0.2, 0) is 20.1 Å². The lowest BCUT2D eigenvalue weighted by molar-refractivity contribution is 0.196. The molecule has 0 aliphatic carbocycles. The lowest BCUT2D eigenvalue weighted by atomic mass is 10.2. The monoisotopic (exact) mass is 310 g/mol. The minimum Gasteiger partial charge on any atom is -0.439 e. The van der Waals surface area contributed by atoms with Crippen molar-refractivity contribution in [2.75, 3.05) is 13.2 Å². The Morgan fingerprint density at radius 2 is 2.13 bits per heavy atom. The van der Waals surface area contributed by atoms with Crippen LogP contribution in [0.4, 0.5) is 0 Å². The third-order valence-electron chi connectivity index (χ3n) is 4.24. The van der Waals surface area contributed by atoms with Gasteiger partial charge in [0.15, 0.2) is 0 Å². The first-order chi connectivity index (χ1) is 11.2. The first kappa shape index (κ1) is 14.2. The first-order valence-electron chi connectivity index (χ1n) is 7.63. The van der Waals surface area contributed by atoms with Gasteiger partial charge in [-0.2, -0.15) is 0 Å². The molecule has 4 rings (SSSR count). The number of aliphatic hydroxyl groups excluding tert-OH is 1. The number of nitrogens with zero attached hydrogens (tertiary/aromatic N) is 4. The van der Waals surface area contributed by atoms with Gasteiger partial charge in [-0.15, -0.1) is 0 Å². The van der Waals surface area contributed by atoms with Crippen molar-refractivity contribution in [2.45, 2.75) is 13.1 Å². The summed E-state index contributed by atoms with van der Waals surface area (Å²) >= 11 is 0. The number of aliphatic hydroxyl groups is 1. The van der Waals surface area contributed by atoms with E-state index in [-0.39, 0.29) is 6.61 Å². The van der Waals surface area contributed by atoms with Crippen LogP contribution in [0.1, 0.15) is 11.3 Å². The molecule has 1 aliphatic heterocycles. The standard InChI is InChI=1S/C17H18N4O2/c1-20-5-4-12-8-13(2-3-16(12)20)23-17-14-9-21(6-7-22)10-15(14)18-11-19-17/h2-5,8,11,22H,6-7,9-10H2,1H3. The van der Waals surface area contributed by atoms with Crippen molar-refractivity contribution in [3.63, 3.8) is 0 Å². The van der Waals surface area contributed by atoms with Crippen molar-refractivity contribution in [1.29, 1.82) is 0 Å².